The Morgan fingerprint density at radius 3 is 2.40 bits per heavy atom. The van der Waals surface area contributed by atoms with Crippen LogP contribution in [0.15, 0.2) is 48.5 Å². The van der Waals surface area contributed by atoms with Crippen molar-refractivity contribution in [2.24, 2.45) is 0 Å². The number of para-hydroxylation sites is 1. The van der Waals surface area contributed by atoms with Crippen molar-refractivity contribution in [1.29, 1.82) is 0 Å². The lowest BCUT2D eigenvalue weighted by Crippen LogP contribution is -2.25. The molecule has 0 saturated carbocycles. The van der Waals surface area contributed by atoms with E-state index in [9.17, 15) is 0 Å². The van der Waals surface area contributed by atoms with Crippen molar-refractivity contribution in [3.8, 4) is 11.5 Å². The fraction of sp³-hybridized carbons (Fsp3) is 0.429. The van der Waals surface area contributed by atoms with Crippen molar-refractivity contribution in [3.05, 3.63) is 54.1 Å². The standard InChI is InChI=1S/C21H29NO3/c1-4-19(25-21-9-7-6-8-17(21)3)16-22-18-10-12-20(13-11-18)24-15-14-23-5-2/h6-13,19,22H,4-5,14-16H2,1-3H3. The Morgan fingerprint density at radius 1 is 0.960 bits per heavy atom. The van der Waals surface area contributed by atoms with Gasteiger partial charge in [0.1, 0.15) is 24.2 Å². The molecular formula is C21H29NO3. The van der Waals surface area contributed by atoms with Gasteiger partial charge in [-0.1, -0.05) is 25.1 Å². The number of ether oxygens (including phenoxy) is 3. The molecule has 1 unspecified atom stereocenters. The molecule has 136 valence electrons. The number of nitrogens with one attached hydrogen (secondary N) is 1. The van der Waals surface area contributed by atoms with E-state index >= 15 is 0 Å². The van der Waals surface area contributed by atoms with Crippen molar-refractivity contribution >= 4 is 5.69 Å². The minimum atomic E-state index is 0.128. The molecule has 2 aromatic carbocycles. The van der Waals surface area contributed by atoms with Crippen molar-refractivity contribution in [2.45, 2.75) is 33.3 Å². The molecule has 0 aliphatic rings. The third kappa shape index (κ3) is 6.67. The van der Waals surface area contributed by atoms with Crippen LogP contribution in [-0.2, 0) is 4.74 Å². The molecule has 25 heavy (non-hydrogen) atoms. The molecule has 0 aliphatic carbocycles. The number of hydrogen-bond acceptors (Lipinski definition) is 4. The molecule has 0 radical (unpaired) electrons. The van der Waals surface area contributed by atoms with Crippen LogP contribution < -0.4 is 14.8 Å². The van der Waals surface area contributed by atoms with Crippen LogP contribution in [0.4, 0.5) is 5.69 Å². The Kier molecular flexibility index (Phi) is 8.13. The van der Waals surface area contributed by atoms with Crippen LogP contribution in [0.2, 0.25) is 0 Å². The highest BCUT2D eigenvalue weighted by Gasteiger charge is 2.09. The molecule has 0 aromatic heterocycles. The van der Waals surface area contributed by atoms with Gasteiger partial charge < -0.3 is 19.5 Å². The topological polar surface area (TPSA) is 39.7 Å². The van der Waals surface area contributed by atoms with Crippen LogP contribution in [-0.4, -0.2) is 32.5 Å². The summed E-state index contributed by atoms with van der Waals surface area (Å²) in [6.45, 7) is 8.85. The summed E-state index contributed by atoms with van der Waals surface area (Å²) in [4.78, 5) is 0. The highest BCUT2D eigenvalue weighted by Crippen LogP contribution is 2.20. The Labute approximate surface area is 151 Å². The van der Waals surface area contributed by atoms with Gasteiger partial charge in [-0.25, -0.2) is 0 Å². The summed E-state index contributed by atoms with van der Waals surface area (Å²) in [5.74, 6) is 1.81. The molecule has 0 amide bonds. The fourth-order valence-electron chi connectivity index (χ4n) is 2.40. The summed E-state index contributed by atoms with van der Waals surface area (Å²) in [6, 6.07) is 16.1. The molecule has 1 atom stereocenters. The number of hydrogen-bond donors (Lipinski definition) is 1. The Hall–Kier alpha value is -2.20. The first-order chi connectivity index (χ1) is 12.2. The monoisotopic (exact) mass is 343 g/mol. The van der Waals surface area contributed by atoms with E-state index in [1.54, 1.807) is 0 Å². The summed E-state index contributed by atoms with van der Waals surface area (Å²) in [7, 11) is 0. The zero-order valence-corrected chi connectivity index (χ0v) is 15.5. The van der Waals surface area contributed by atoms with Crippen molar-refractivity contribution < 1.29 is 14.2 Å². The SMILES string of the molecule is CCOCCOc1ccc(NCC(CC)Oc2ccccc2C)cc1. The molecule has 2 rings (SSSR count). The molecule has 1 N–H and O–H groups in total. The predicted molar refractivity (Wildman–Crippen MR) is 103 cm³/mol. The minimum absolute atomic E-state index is 0.128. The Bertz CT molecular complexity index is 613. The summed E-state index contributed by atoms with van der Waals surface area (Å²) < 4.78 is 17.0. The van der Waals surface area contributed by atoms with Gasteiger partial charge in [0.05, 0.1) is 13.2 Å². The van der Waals surface area contributed by atoms with Crippen LogP contribution in [0.3, 0.4) is 0 Å². The van der Waals surface area contributed by atoms with Gasteiger partial charge in [-0.3, -0.25) is 0 Å². The molecule has 4 heteroatoms. The second-order valence-corrected chi connectivity index (χ2v) is 5.86. The van der Waals surface area contributed by atoms with E-state index < -0.39 is 0 Å². The molecule has 0 saturated heterocycles. The van der Waals surface area contributed by atoms with Gasteiger partial charge >= 0.3 is 0 Å². The number of aryl methyl sites for hydroxylation is 1. The lowest BCUT2D eigenvalue weighted by atomic mass is 10.2. The van der Waals surface area contributed by atoms with Crippen LogP contribution in [0.1, 0.15) is 25.8 Å². The van der Waals surface area contributed by atoms with Crippen LogP contribution in [0.25, 0.3) is 0 Å². The molecule has 2 aromatic rings. The summed E-state index contributed by atoms with van der Waals surface area (Å²) >= 11 is 0. The van der Waals surface area contributed by atoms with E-state index in [1.807, 2.05) is 49.4 Å². The molecular weight excluding hydrogens is 314 g/mol. The smallest absolute Gasteiger partial charge is 0.122 e. The zero-order valence-electron chi connectivity index (χ0n) is 15.5. The third-order valence-electron chi connectivity index (χ3n) is 3.93. The van der Waals surface area contributed by atoms with Crippen LogP contribution in [0, 0.1) is 6.92 Å². The van der Waals surface area contributed by atoms with Gasteiger partial charge in [0.25, 0.3) is 0 Å². The average molecular weight is 343 g/mol. The van der Waals surface area contributed by atoms with Crippen molar-refractivity contribution in [1.82, 2.24) is 0 Å². The summed E-state index contributed by atoms with van der Waals surface area (Å²) in [5.41, 5.74) is 2.22. The number of benzene rings is 2. The summed E-state index contributed by atoms with van der Waals surface area (Å²) in [6.07, 6.45) is 1.07. The molecule has 0 fully saturated rings. The molecule has 0 bridgehead atoms. The molecule has 0 heterocycles. The van der Waals surface area contributed by atoms with Crippen molar-refractivity contribution in [3.63, 3.8) is 0 Å². The van der Waals surface area contributed by atoms with Gasteiger partial charge in [-0.05, 0) is 56.2 Å². The highest BCUT2D eigenvalue weighted by molar-refractivity contribution is 5.46. The van der Waals surface area contributed by atoms with Gasteiger partial charge in [-0.2, -0.15) is 0 Å². The lowest BCUT2D eigenvalue weighted by Gasteiger charge is -2.20. The third-order valence-corrected chi connectivity index (χ3v) is 3.93. The van der Waals surface area contributed by atoms with Gasteiger partial charge in [0.15, 0.2) is 0 Å². The van der Waals surface area contributed by atoms with Gasteiger partial charge in [0.2, 0.25) is 0 Å². The summed E-state index contributed by atoms with van der Waals surface area (Å²) in [5, 5.41) is 3.43. The second-order valence-electron chi connectivity index (χ2n) is 5.86. The molecule has 0 aliphatic heterocycles. The molecule has 0 spiro atoms. The van der Waals surface area contributed by atoms with E-state index in [0.717, 1.165) is 42.3 Å². The predicted octanol–water partition coefficient (Wildman–Crippen LogP) is 4.68. The first-order valence-corrected chi connectivity index (χ1v) is 8.99. The Balaban J connectivity index is 1.79. The van der Waals surface area contributed by atoms with Gasteiger partial charge in [-0.15, -0.1) is 0 Å². The van der Waals surface area contributed by atoms with Crippen LogP contribution >= 0.6 is 0 Å². The first-order valence-electron chi connectivity index (χ1n) is 8.99. The van der Waals surface area contributed by atoms with E-state index in [0.29, 0.717) is 13.2 Å². The number of anilines is 1. The zero-order chi connectivity index (χ0) is 17.9. The van der Waals surface area contributed by atoms with E-state index in [2.05, 4.69) is 25.2 Å². The number of rotatable bonds is 11. The maximum atomic E-state index is 6.11. The first kappa shape index (κ1) is 19.1. The van der Waals surface area contributed by atoms with Crippen LogP contribution in [0.5, 0.6) is 11.5 Å². The normalized spacial score (nSPS) is 11.8. The van der Waals surface area contributed by atoms with E-state index in [-0.39, 0.29) is 6.10 Å². The maximum Gasteiger partial charge on any atom is 0.122 e. The van der Waals surface area contributed by atoms with Crippen molar-refractivity contribution in [2.75, 3.05) is 31.7 Å². The van der Waals surface area contributed by atoms with Gasteiger partial charge in [0, 0.05) is 12.3 Å². The average Bonchev–Trinajstić information content (AvgIpc) is 2.65. The minimum Gasteiger partial charge on any atom is -0.491 e. The largest absolute Gasteiger partial charge is 0.491 e. The second kappa shape index (κ2) is 10.6. The van der Waals surface area contributed by atoms with E-state index in [4.69, 9.17) is 14.2 Å². The van der Waals surface area contributed by atoms with E-state index in [1.165, 1.54) is 0 Å². The fourth-order valence-corrected chi connectivity index (χ4v) is 2.40. The quantitative estimate of drug-likeness (QED) is 0.601. The highest BCUT2D eigenvalue weighted by atomic mass is 16.5. The molecule has 4 nitrogen and oxygen atoms in total. The maximum absolute atomic E-state index is 6.11. The Morgan fingerprint density at radius 2 is 1.72 bits per heavy atom. The lowest BCUT2D eigenvalue weighted by molar-refractivity contribution is 0.110.